The molecule has 1 heterocycles. The molecule has 3 rings (SSSR count). The third-order valence-corrected chi connectivity index (χ3v) is 6.41. The van der Waals surface area contributed by atoms with Gasteiger partial charge < -0.3 is 24.6 Å². The highest BCUT2D eigenvalue weighted by Gasteiger charge is 2.58. The number of carbonyl (C=O) groups excluding carboxylic acids is 2. The van der Waals surface area contributed by atoms with Gasteiger partial charge in [-0.3, -0.25) is 4.79 Å². The number of hydrogen-bond donors (Lipinski definition) is 2. The van der Waals surface area contributed by atoms with Crippen LogP contribution in [0.5, 0.6) is 5.75 Å². The second kappa shape index (κ2) is 8.69. The van der Waals surface area contributed by atoms with Gasteiger partial charge in [0.2, 0.25) is 5.91 Å². The van der Waals surface area contributed by atoms with E-state index in [2.05, 4.69) is 15.9 Å². The number of likely N-dealkylation sites (tertiary alicyclic amines) is 1. The maximum Gasteiger partial charge on any atom is 0.337 e. The number of aliphatic hydroxyl groups is 2. The molecule has 1 fully saturated rings. The van der Waals surface area contributed by atoms with Gasteiger partial charge in [-0.25, -0.2) is 4.79 Å². The summed E-state index contributed by atoms with van der Waals surface area (Å²) in [7, 11) is 2.88. The fraction of sp³-hybridized carbons (Fsp3) is 0.429. The SMILES string of the molecule is COC(=O)C1=CC(Br)C2C(=C1)N(Cc1ccc(OC)cc1)C(=O)C2(CO)CCO. The van der Waals surface area contributed by atoms with Gasteiger partial charge in [0.05, 0.1) is 38.4 Å². The fourth-order valence-corrected chi connectivity index (χ4v) is 5.17. The summed E-state index contributed by atoms with van der Waals surface area (Å²) >= 11 is 3.57. The maximum absolute atomic E-state index is 13.5. The third-order valence-electron chi connectivity index (χ3n) is 5.62. The number of carbonyl (C=O) groups is 2. The van der Waals surface area contributed by atoms with Crippen LogP contribution in [0.25, 0.3) is 0 Å². The number of nitrogens with zero attached hydrogens (tertiary/aromatic N) is 1. The van der Waals surface area contributed by atoms with Crippen molar-refractivity contribution in [3.8, 4) is 5.75 Å². The average molecular weight is 466 g/mol. The summed E-state index contributed by atoms with van der Waals surface area (Å²) in [5.74, 6) is -0.484. The zero-order valence-electron chi connectivity index (χ0n) is 16.3. The number of rotatable bonds is 7. The van der Waals surface area contributed by atoms with E-state index in [0.29, 0.717) is 17.0 Å². The van der Waals surface area contributed by atoms with Crippen LogP contribution in [0.1, 0.15) is 12.0 Å². The molecule has 29 heavy (non-hydrogen) atoms. The predicted molar refractivity (Wildman–Crippen MR) is 109 cm³/mol. The van der Waals surface area contributed by atoms with Crippen molar-refractivity contribution in [1.82, 2.24) is 4.90 Å². The number of halogens is 1. The number of esters is 1. The number of benzene rings is 1. The van der Waals surface area contributed by atoms with Crippen LogP contribution in [0.4, 0.5) is 0 Å². The highest BCUT2D eigenvalue weighted by Crippen LogP contribution is 2.52. The Morgan fingerprint density at radius 1 is 1.24 bits per heavy atom. The van der Waals surface area contributed by atoms with Crippen molar-refractivity contribution in [3.63, 3.8) is 0 Å². The third kappa shape index (κ3) is 3.72. The van der Waals surface area contributed by atoms with Crippen LogP contribution >= 0.6 is 15.9 Å². The second-order valence-electron chi connectivity index (χ2n) is 7.13. The Morgan fingerprint density at radius 2 is 1.93 bits per heavy atom. The van der Waals surface area contributed by atoms with Gasteiger partial charge in [-0.1, -0.05) is 34.1 Å². The number of ether oxygens (including phenoxy) is 2. The minimum atomic E-state index is -1.17. The van der Waals surface area contributed by atoms with E-state index in [4.69, 9.17) is 9.47 Å². The lowest BCUT2D eigenvalue weighted by Crippen LogP contribution is -2.43. The van der Waals surface area contributed by atoms with Crippen LogP contribution in [0.3, 0.4) is 0 Å². The normalized spacial score (nSPS) is 26.0. The zero-order chi connectivity index (χ0) is 21.2. The van der Waals surface area contributed by atoms with Crippen molar-refractivity contribution in [2.24, 2.45) is 11.3 Å². The molecule has 0 spiro atoms. The smallest absolute Gasteiger partial charge is 0.337 e. The lowest BCUT2D eigenvalue weighted by atomic mass is 9.71. The molecule has 1 aromatic rings. The van der Waals surface area contributed by atoms with Gasteiger partial charge in [0.15, 0.2) is 0 Å². The standard InChI is InChI=1S/C21H24BrNO6/c1-28-15-5-3-13(4-6-15)11-23-17-10-14(19(26)29-2)9-16(22)18(17)21(12-25,7-8-24)20(23)27/h3-6,9-10,16,18,24-25H,7-8,11-12H2,1-2H3. The summed E-state index contributed by atoms with van der Waals surface area (Å²) in [5.41, 5.74) is 0.667. The number of amides is 1. The molecule has 1 aliphatic heterocycles. The van der Waals surface area contributed by atoms with Gasteiger partial charge in [0.25, 0.3) is 0 Å². The number of fused-ring (bicyclic) bond motifs is 1. The number of methoxy groups -OCH3 is 2. The molecular weight excluding hydrogens is 442 g/mol. The summed E-state index contributed by atoms with van der Waals surface area (Å²) in [6.07, 6.45) is 3.45. The Bertz CT molecular complexity index is 849. The van der Waals surface area contributed by atoms with Crippen LogP contribution in [-0.2, 0) is 20.9 Å². The Morgan fingerprint density at radius 3 is 2.48 bits per heavy atom. The van der Waals surface area contributed by atoms with Crippen molar-refractivity contribution in [1.29, 1.82) is 0 Å². The molecule has 7 nitrogen and oxygen atoms in total. The van der Waals surface area contributed by atoms with Gasteiger partial charge in [0, 0.05) is 23.0 Å². The number of aliphatic hydroxyl groups excluding tert-OH is 2. The Hall–Kier alpha value is -2.16. The molecule has 0 radical (unpaired) electrons. The largest absolute Gasteiger partial charge is 0.497 e. The first-order chi connectivity index (χ1) is 13.9. The van der Waals surface area contributed by atoms with E-state index in [1.165, 1.54) is 7.11 Å². The summed E-state index contributed by atoms with van der Waals surface area (Å²) in [4.78, 5) is 26.8. The van der Waals surface area contributed by atoms with Crippen LogP contribution in [0.15, 0.2) is 47.7 Å². The van der Waals surface area contributed by atoms with E-state index in [-0.39, 0.29) is 30.3 Å². The maximum atomic E-state index is 13.5. The monoisotopic (exact) mass is 465 g/mol. The van der Waals surface area contributed by atoms with Crippen molar-refractivity contribution in [2.75, 3.05) is 27.4 Å². The van der Waals surface area contributed by atoms with Crippen molar-refractivity contribution < 1.29 is 29.3 Å². The molecular formula is C21H24BrNO6. The summed E-state index contributed by atoms with van der Waals surface area (Å²) in [6, 6.07) is 7.34. The molecule has 3 atom stereocenters. The van der Waals surface area contributed by atoms with E-state index in [0.717, 1.165) is 5.56 Å². The number of hydrogen-bond acceptors (Lipinski definition) is 6. The van der Waals surface area contributed by atoms with Crippen LogP contribution in [-0.4, -0.2) is 59.2 Å². The number of alkyl halides is 1. The molecule has 1 saturated heterocycles. The molecule has 3 unspecified atom stereocenters. The van der Waals surface area contributed by atoms with E-state index < -0.39 is 23.9 Å². The van der Waals surface area contributed by atoms with E-state index >= 15 is 0 Å². The Labute approximate surface area is 177 Å². The molecule has 1 aromatic carbocycles. The van der Waals surface area contributed by atoms with E-state index in [9.17, 15) is 19.8 Å². The molecule has 0 aromatic heterocycles. The molecule has 8 heteroatoms. The average Bonchev–Trinajstić information content (AvgIpc) is 2.97. The first-order valence-corrected chi connectivity index (χ1v) is 10.2. The van der Waals surface area contributed by atoms with Crippen molar-refractivity contribution in [2.45, 2.75) is 17.8 Å². The minimum Gasteiger partial charge on any atom is -0.497 e. The van der Waals surface area contributed by atoms with Crippen LogP contribution in [0, 0.1) is 11.3 Å². The topological polar surface area (TPSA) is 96.3 Å². The van der Waals surface area contributed by atoms with Crippen molar-refractivity contribution in [3.05, 3.63) is 53.3 Å². The molecule has 2 N–H and O–H groups in total. The van der Waals surface area contributed by atoms with Crippen LogP contribution in [0.2, 0.25) is 0 Å². The number of allylic oxidation sites excluding steroid dienone is 2. The zero-order valence-corrected chi connectivity index (χ0v) is 17.9. The molecule has 1 aliphatic carbocycles. The van der Waals surface area contributed by atoms with Crippen LogP contribution < -0.4 is 4.74 Å². The lowest BCUT2D eigenvalue weighted by Gasteiger charge is -2.33. The van der Waals surface area contributed by atoms with Gasteiger partial charge in [-0.05, 0) is 30.2 Å². The van der Waals surface area contributed by atoms with Gasteiger partial charge in [-0.15, -0.1) is 0 Å². The first-order valence-electron chi connectivity index (χ1n) is 9.24. The van der Waals surface area contributed by atoms with Gasteiger partial charge in [-0.2, -0.15) is 0 Å². The summed E-state index contributed by atoms with van der Waals surface area (Å²) < 4.78 is 10.0. The molecule has 2 aliphatic rings. The molecule has 0 saturated carbocycles. The highest BCUT2D eigenvalue weighted by molar-refractivity contribution is 9.09. The first kappa shape index (κ1) is 21.5. The molecule has 0 bridgehead atoms. The molecule has 156 valence electrons. The quantitative estimate of drug-likeness (QED) is 0.470. The van der Waals surface area contributed by atoms with E-state index in [1.54, 1.807) is 24.2 Å². The summed E-state index contributed by atoms with van der Waals surface area (Å²) in [5, 5.41) is 19.8. The molecule has 1 amide bonds. The Balaban J connectivity index is 2.05. The summed E-state index contributed by atoms with van der Waals surface area (Å²) in [6.45, 7) is -0.372. The van der Waals surface area contributed by atoms with Gasteiger partial charge in [0.1, 0.15) is 5.75 Å². The Kier molecular flexibility index (Phi) is 6.45. The lowest BCUT2D eigenvalue weighted by molar-refractivity contribution is -0.140. The van der Waals surface area contributed by atoms with E-state index in [1.807, 2.05) is 24.3 Å². The van der Waals surface area contributed by atoms with Crippen molar-refractivity contribution >= 4 is 27.8 Å². The minimum absolute atomic E-state index is 0.118. The predicted octanol–water partition coefficient (Wildman–Crippen LogP) is 1.78. The second-order valence-corrected chi connectivity index (χ2v) is 8.19. The highest BCUT2D eigenvalue weighted by atomic mass is 79.9. The van der Waals surface area contributed by atoms with Gasteiger partial charge >= 0.3 is 5.97 Å². The fourth-order valence-electron chi connectivity index (χ4n) is 4.11.